The quantitative estimate of drug-likeness (QED) is 0.576. The minimum Gasteiger partial charge on any atom is -0.321 e. The molecule has 0 unspecified atom stereocenters. The van der Waals surface area contributed by atoms with E-state index in [0.29, 0.717) is 16.8 Å². The van der Waals surface area contributed by atoms with Gasteiger partial charge in [0.1, 0.15) is 5.70 Å². The van der Waals surface area contributed by atoms with Crippen LogP contribution in [0.15, 0.2) is 83.2 Å². The number of amides is 2. The molecule has 0 radical (unpaired) electrons. The van der Waals surface area contributed by atoms with Gasteiger partial charge in [-0.25, -0.2) is 0 Å². The van der Waals surface area contributed by atoms with E-state index in [9.17, 15) is 9.59 Å². The summed E-state index contributed by atoms with van der Waals surface area (Å²) in [7, 11) is 0. The van der Waals surface area contributed by atoms with Crippen molar-refractivity contribution in [2.75, 3.05) is 5.32 Å². The van der Waals surface area contributed by atoms with Crippen molar-refractivity contribution >= 4 is 39.5 Å². The molecular weight excluding hydrogens is 418 g/mol. The van der Waals surface area contributed by atoms with E-state index in [2.05, 4.69) is 31.5 Å². The van der Waals surface area contributed by atoms with Crippen molar-refractivity contribution in [2.24, 2.45) is 0 Å². The Kier molecular flexibility index (Phi) is 6.34. The van der Waals surface area contributed by atoms with Crippen LogP contribution in [0, 0.1) is 6.92 Å². The molecule has 0 saturated carbocycles. The predicted molar refractivity (Wildman–Crippen MR) is 114 cm³/mol. The van der Waals surface area contributed by atoms with Crippen molar-refractivity contribution in [3.05, 3.63) is 99.9 Å². The van der Waals surface area contributed by atoms with Crippen LogP contribution >= 0.6 is 15.9 Å². The molecule has 0 fully saturated rings. The fourth-order valence-corrected chi connectivity index (χ4v) is 2.68. The Labute approximate surface area is 171 Å². The van der Waals surface area contributed by atoms with Crippen molar-refractivity contribution < 1.29 is 9.59 Å². The number of nitrogens with one attached hydrogen (secondary N) is 2. The first-order valence-corrected chi connectivity index (χ1v) is 9.37. The van der Waals surface area contributed by atoms with Crippen LogP contribution in [0.25, 0.3) is 6.08 Å². The maximum absolute atomic E-state index is 12.8. The first-order valence-electron chi connectivity index (χ1n) is 8.58. The second-order valence-corrected chi connectivity index (χ2v) is 7.04. The number of pyridine rings is 1. The first kappa shape index (κ1) is 19.5. The summed E-state index contributed by atoms with van der Waals surface area (Å²) in [5, 5.41) is 5.50. The molecule has 6 heteroatoms. The summed E-state index contributed by atoms with van der Waals surface area (Å²) in [4.78, 5) is 29.4. The normalized spacial score (nSPS) is 11.0. The van der Waals surface area contributed by atoms with Gasteiger partial charge in [-0.15, -0.1) is 0 Å². The lowest BCUT2D eigenvalue weighted by Gasteiger charge is -2.11. The summed E-state index contributed by atoms with van der Waals surface area (Å²) in [5.74, 6) is -0.785. The number of hydrogen-bond donors (Lipinski definition) is 2. The Morgan fingerprint density at radius 3 is 2.36 bits per heavy atom. The van der Waals surface area contributed by atoms with E-state index in [1.54, 1.807) is 54.9 Å². The van der Waals surface area contributed by atoms with Crippen LogP contribution in [-0.4, -0.2) is 16.8 Å². The molecule has 1 aromatic heterocycles. The van der Waals surface area contributed by atoms with Gasteiger partial charge in [0.15, 0.2) is 0 Å². The van der Waals surface area contributed by atoms with Crippen LogP contribution in [0.2, 0.25) is 0 Å². The average molecular weight is 436 g/mol. The molecule has 2 amide bonds. The molecule has 1 heterocycles. The highest BCUT2D eigenvalue weighted by Gasteiger charge is 2.15. The zero-order valence-corrected chi connectivity index (χ0v) is 16.7. The maximum Gasteiger partial charge on any atom is 0.272 e. The minimum absolute atomic E-state index is 0.126. The lowest BCUT2D eigenvalue weighted by atomic mass is 10.1. The average Bonchev–Trinajstić information content (AvgIpc) is 2.70. The van der Waals surface area contributed by atoms with Gasteiger partial charge >= 0.3 is 0 Å². The number of benzene rings is 2. The van der Waals surface area contributed by atoms with Gasteiger partial charge in [0.05, 0.1) is 0 Å². The van der Waals surface area contributed by atoms with Crippen molar-refractivity contribution in [1.82, 2.24) is 10.3 Å². The molecule has 0 spiro atoms. The second kappa shape index (κ2) is 9.10. The molecule has 140 valence electrons. The van der Waals surface area contributed by atoms with Gasteiger partial charge in [0, 0.05) is 28.1 Å². The van der Waals surface area contributed by atoms with Gasteiger partial charge in [-0.3, -0.25) is 14.6 Å². The van der Waals surface area contributed by atoms with Crippen LogP contribution in [0.4, 0.5) is 5.69 Å². The van der Waals surface area contributed by atoms with Gasteiger partial charge < -0.3 is 10.6 Å². The molecule has 2 N–H and O–H groups in total. The Balaban J connectivity index is 1.85. The largest absolute Gasteiger partial charge is 0.321 e. The number of nitrogens with zero attached hydrogens (tertiary/aromatic N) is 1. The Bertz CT molecular complexity index is 998. The van der Waals surface area contributed by atoms with Crippen molar-refractivity contribution in [3.63, 3.8) is 0 Å². The van der Waals surface area contributed by atoms with Gasteiger partial charge in [0.2, 0.25) is 0 Å². The zero-order chi connectivity index (χ0) is 19.9. The third kappa shape index (κ3) is 5.37. The Morgan fingerprint density at radius 1 is 1.00 bits per heavy atom. The Morgan fingerprint density at radius 2 is 1.71 bits per heavy atom. The van der Waals surface area contributed by atoms with Crippen molar-refractivity contribution in [2.45, 2.75) is 6.92 Å². The molecule has 3 aromatic rings. The molecule has 3 rings (SSSR count). The monoisotopic (exact) mass is 435 g/mol. The van der Waals surface area contributed by atoms with Crippen LogP contribution in [0.3, 0.4) is 0 Å². The topological polar surface area (TPSA) is 71.1 Å². The highest BCUT2D eigenvalue weighted by atomic mass is 79.9. The van der Waals surface area contributed by atoms with Crippen LogP contribution < -0.4 is 10.6 Å². The van der Waals surface area contributed by atoms with Crippen molar-refractivity contribution in [3.8, 4) is 0 Å². The SMILES string of the molecule is Cc1ccc(C(=O)N/C(=C\c2cccnc2)C(=O)Nc2ccc(Br)cc2)cc1. The van der Waals surface area contributed by atoms with E-state index in [4.69, 9.17) is 0 Å². The summed E-state index contributed by atoms with van der Waals surface area (Å²) in [6, 6.07) is 17.9. The van der Waals surface area contributed by atoms with Crippen LogP contribution in [-0.2, 0) is 4.79 Å². The second-order valence-electron chi connectivity index (χ2n) is 6.13. The number of aromatic nitrogens is 1. The van der Waals surface area contributed by atoms with E-state index >= 15 is 0 Å². The number of carbonyl (C=O) groups is 2. The molecule has 0 bridgehead atoms. The van der Waals surface area contributed by atoms with E-state index in [1.807, 2.05) is 31.2 Å². The fourth-order valence-electron chi connectivity index (χ4n) is 2.42. The maximum atomic E-state index is 12.8. The molecule has 0 aliphatic heterocycles. The number of carbonyl (C=O) groups excluding carboxylic acids is 2. The van der Waals surface area contributed by atoms with E-state index < -0.39 is 5.91 Å². The number of anilines is 1. The number of rotatable bonds is 5. The number of aryl methyl sites for hydroxylation is 1. The summed E-state index contributed by atoms with van der Waals surface area (Å²) in [6.45, 7) is 1.95. The van der Waals surface area contributed by atoms with Crippen LogP contribution in [0.1, 0.15) is 21.5 Å². The van der Waals surface area contributed by atoms with Gasteiger partial charge in [-0.2, -0.15) is 0 Å². The first-order chi connectivity index (χ1) is 13.5. The highest BCUT2D eigenvalue weighted by molar-refractivity contribution is 9.10. The summed E-state index contributed by atoms with van der Waals surface area (Å²) in [6.07, 6.45) is 4.85. The number of halogens is 1. The Hall–Kier alpha value is -3.25. The zero-order valence-electron chi connectivity index (χ0n) is 15.1. The standard InChI is InChI=1S/C22H18BrN3O2/c1-15-4-6-17(7-5-15)21(27)26-20(13-16-3-2-12-24-14-16)22(28)25-19-10-8-18(23)9-11-19/h2-14H,1H3,(H,25,28)(H,26,27)/b20-13-. The van der Waals surface area contributed by atoms with Crippen LogP contribution in [0.5, 0.6) is 0 Å². The highest BCUT2D eigenvalue weighted by Crippen LogP contribution is 2.15. The third-order valence-electron chi connectivity index (χ3n) is 3.90. The number of hydrogen-bond acceptors (Lipinski definition) is 3. The summed E-state index contributed by atoms with van der Waals surface area (Å²) in [5.41, 5.74) is 2.97. The van der Waals surface area contributed by atoms with Crippen molar-refractivity contribution in [1.29, 1.82) is 0 Å². The molecule has 5 nitrogen and oxygen atoms in total. The fraction of sp³-hybridized carbons (Fsp3) is 0.0455. The molecule has 28 heavy (non-hydrogen) atoms. The predicted octanol–water partition coefficient (Wildman–Crippen LogP) is 4.56. The lowest BCUT2D eigenvalue weighted by molar-refractivity contribution is -0.113. The van der Waals surface area contributed by atoms with Gasteiger partial charge in [-0.1, -0.05) is 39.7 Å². The summed E-state index contributed by atoms with van der Waals surface area (Å²) < 4.78 is 0.907. The molecule has 0 saturated heterocycles. The lowest BCUT2D eigenvalue weighted by Crippen LogP contribution is -2.30. The van der Waals surface area contributed by atoms with E-state index in [-0.39, 0.29) is 11.6 Å². The molecule has 2 aromatic carbocycles. The smallest absolute Gasteiger partial charge is 0.272 e. The molecule has 0 atom stereocenters. The van der Waals surface area contributed by atoms with E-state index in [0.717, 1.165) is 10.0 Å². The minimum atomic E-state index is -0.424. The third-order valence-corrected chi connectivity index (χ3v) is 4.43. The summed E-state index contributed by atoms with van der Waals surface area (Å²) >= 11 is 3.36. The van der Waals surface area contributed by atoms with Gasteiger partial charge in [-0.05, 0) is 61.0 Å². The molecule has 0 aliphatic rings. The van der Waals surface area contributed by atoms with E-state index in [1.165, 1.54) is 0 Å². The van der Waals surface area contributed by atoms with Gasteiger partial charge in [0.25, 0.3) is 11.8 Å². The molecular formula is C22H18BrN3O2. The molecule has 0 aliphatic carbocycles.